The average molecular weight is 1540 g/mol. The van der Waals surface area contributed by atoms with Crippen LogP contribution in [0.4, 0.5) is 9.59 Å². The Morgan fingerprint density at radius 3 is 1.55 bits per heavy atom. The van der Waals surface area contributed by atoms with Crippen LogP contribution < -0.4 is 44.9 Å². The van der Waals surface area contributed by atoms with E-state index >= 15 is 0 Å². The second kappa shape index (κ2) is 31.9. The quantitative estimate of drug-likeness (QED) is 0.0330. The van der Waals surface area contributed by atoms with Crippen molar-refractivity contribution in [2.45, 2.75) is 163 Å². The molecule has 25 nitrogen and oxygen atoms in total. The van der Waals surface area contributed by atoms with Gasteiger partial charge in [0, 0.05) is 85.5 Å². The Kier molecular flexibility index (Phi) is 23.6. The first kappa shape index (κ1) is 77.0. The van der Waals surface area contributed by atoms with E-state index in [4.69, 9.17) is 68.5 Å². The molecule has 5 N–H and O–H groups in total. The van der Waals surface area contributed by atoms with Gasteiger partial charge in [0.1, 0.15) is 88.1 Å². The SMILES string of the molecule is C#CC1(S(=O)(=O)CC(=O)C23CC2/C=C\CCCCN(C)C(=O)NC(CCOc2cc(-c4nc(C(C)C)cs4)nc4c(Cl)c(OC)ccc24)C(=O)N3)CC1.COc1ccc2c(OCC[C@@H]3NC(=O)N(C)CCCC/C=C\[C@@H]4C[C@@]4(C(=O)NS(=O)(=O)C4CC4)NC3=O)cc(-c3nc(C(C)C)cs3)nc2c1Cl. The lowest BCUT2D eigenvalue weighted by Crippen LogP contribution is -2.58. The Balaban J connectivity index is 0.000000208. The molecule has 104 heavy (non-hydrogen) atoms. The van der Waals surface area contributed by atoms with Gasteiger partial charge in [0.15, 0.2) is 15.6 Å². The van der Waals surface area contributed by atoms with E-state index in [1.54, 1.807) is 50.5 Å². The van der Waals surface area contributed by atoms with Crippen molar-refractivity contribution >= 4 is 123 Å². The number of hydrogen-bond acceptors (Lipinski definition) is 20. The minimum atomic E-state index is -3.95. The first-order valence-corrected chi connectivity index (χ1v) is 40.6. The lowest BCUT2D eigenvalue weighted by atomic mass is 10.1. The molecule has 6 aliphatic rings. The van der Waals surface area contributed by atoms with E-state index in [9.17, 15) is 45.6 Å². The summed E-state index contributed by atoms with van der Waals surface area (Å²) in [6.07, 6.45) is 19.9. The van der Waals surface area contributed by atoms with Crippen molar-refractivity contribution in [1.29, 1.82) is 0 Å². The second-order valence-electron chi connectivity index (χ2n) is 27.9. The number of ether oxygens (including phenoxy) is 4. The number of nitrogens with one attached hydrogen (secondary N) is 5. The number of fused-ring (bicyclic) bond motifs is 4. The van der Waals surface area contributed by atoms with Gasteiger partial charge in [-0.3, -0.25) is 23.9 Å². The van der Waals surface area contributed by atoms with Gasteiger partial charge in [0.25, 0.3) is 5.91 Å². The number of halogens is 2. The van der Waals surface area contributed by atoms with Gasteiger partial charge in [0.05, 0.1) is 55.1 Å². The molecule has 3 unspecified atom stereocenters. The number of methoxy groups -OCH3 is 2. The molecule has 6 heterocycles. The van der Waals surface area contributed by atoms with E-state index in [-0.39, 0.29) is 56.7 Å². The summed E-state index contributed by atoms with van der Waals surface area (Å²) in [7, 11) is -1.45. The highest BCUT2D eigenvalue weighted by Gasteiger charge is 2.64. The van der Waals surface area contributed by atoms with Crippen molar-refractivity contribution in [3.8, 4) is 56.7 Å². The number of Topliss-reactive ketones (excluding diaryl/α,β-unsaturated/α-hetero) is 1. The van der Waals surface area contributed by atoms with Crippen LogP contribution in [0.3, 0.4) is 0 Å². The van der Waals surface area contributed by atoms with Crippen molar-refractivity contribution < 1.29 is 64.6 Å². The van der Waals surface area contributed by atoms with Crippen LogP contribution in [-0.2, 0) is 39.0 Å². The number of thiazole rings is 2. The van der Waals surface area contributed by atoms with Gasteiger partial charge in [-0.1, -0.05) is 81.1 Å². The molecule has 4 aromatic heterocycles. The number of carbonyl (C=O) groups excluding carboxylic acids is 6. The summed E-state index contributed by atoms with van der Waals surface area (Å²) in [5.41, 5.74) is 0.981. The van der Waals surface area contributed by atoms with Crippen molar-refractivity contribution in [2.24, 2.45) is 11.8 Å². The zero-order valence-corrected chi connectivity index (χ0v) is 64.0. The van der Waals surface area contributed by atoms with Crippen LogP contribution in [0, 0.1) is 24.2 Å². The molecular weight excluding hydrogens is 1450 g/mol. The van der Waals surface area contributed by atoms with E-state index in [1.807, 2.05) is 35.1 Å². The minimum absolute atomic E-state index is 0.0159. The third kappa shape index (κ3) is 17.1. The Hall–Kier alpha value is -8.14. The molecule has 31 heteroatoms. The Bertz CT molecular complexity index is 4650. The van der Waals surface area contributed by atoms with Crippen LogP contribution >= 0.6 is 45.9 Å². The van der Waals surface area contributed by atoms with Crippen LogP contribution in [0.15, 0.2) is 71.5 Å². The maximum absolute atomic E-state index is 14.1. The number of rotatable bonds is 21. The highest BCUT2D eigenvalue weighted by molar-refractivity contribution is 7.94. The molecule has 4 aliphatic carbocycles. The van der Waals surface area contributed by atoms with Crippen LogP contribution in [0.25, 0.3) is 43.2 Å². The zero-order chi connectivity index (χ0) is 74.6. The maximum Gasteiger partial charge on any atom is 0.317 e. The molecule has 2 aliphatic heterocycles. The Labute approximate surface area is 623 Å². The number of amides is 7. The summed E-state index contributed by atoms with van der Waals surface area (Å²) < 4.78 is 76.3. The van der Waals surface area contributed by atoms with Gasteiger partial charge in [-0.25, -0.2) is 46.4 Å². The number of carbonyl (C=O) groups is 6. The molecule has 6 atom stereocenters. The predicted molar refractivity (Wildman–Crippen MR) is 401 cm³/mol. The lowest BCUT2D eigenvalue weighted by molar-refractivity contribution is -0.130. The zero-order valence-electron chi connectivity index (χ0n) is 59.3. The number of terminal acetylenes is 1. The molecule has 0 spiro atoms. The monoisotopic (exact) mass is 1540 g/mol. The van der Waals surface area contributed by atoms with E-state index in [0.29, 0.717) is 121 Å². The fourth-order valence-corrected chi connectivity index (χ4v) is 18.1. The van der Waals surface area contributed by atoms with Gasteiger partial charge in [-0.15, -0.1) is 29.1 Å². The topological polar surface area (TPSA) is 326 Å². The summed E-state index contributed by atoms with van der Waals surface area (Å²) >= 11 is 16.4. The van der Waals surface area contributed by atoms with E-state index in [0.717, 1.165) is 43.5 Å². The largest absolute Gasteiger partial charge is 0.495 e. The first-order valence-electron chi connectivity index (χ1n) is 34.9. The van der Waals surface area contributed by atoms with Crippen molar-refractivity contribution in [2.75, 3.05) is 60.4 Å². The lowest BCUT2D eigenvalue weighted by Gasteiger charge is -2.26. The fourth-order valence-electron chi connectivity index (χ4n) is 12.5. The molecule has 12 rings (SSSR count). The molecule has 7 amide bonds. The van der Waals surface area contributed by atoms with Crippen molar-refractivity contribution in [3.63, 3.8) is 0 Å². The number of sulfonamides is 1. The molecule has 0 saturated heterocycles. The van der Waals surface area contributed by atoms with Gasteiger partial charge >= 0.3 is 12.1 Å². The van der Waals surface area contributed by atoms with E-state index in [2.05, 4.69) is 59.6 Å². The third-order valence-electron chi connectivity index (χ3n) is 19.7. The summed E-state index contributed by atoms with van der Waals surface area (Å²) in [4.78, 5) is 104. The van der Waals surface area contributed by atoms with Gasteiger partial charge in [-0.05, 0) is 113 Å². The summed E-state index contributed by atoms with van der Waals surface area (Å²) in [5, 5.41) is 17.9. The molecular formula is C73H87Cl2N11O14S4. The molecule has 0 bridgehead atoms. The number of urea groups is 2. The number of hydrogen-bond donors (Lipinski definition) is 5. The Morgan fingerprint density at radius 2 is 1.12 bits per heavy atom. The second-order valence-corrected chi connectivity index (χ2v) is 34.7. The molecule has 556 valence electrons. The normalized spacial score (nSPS) is 23.6. The Morgan fingerprint density at radius 1 is 0.673 bits per heavy atom. The highest BCUT2D eigenvalue weighted by atomic mass is 35.5. The van der Waals surface area contributed by atoms with Gasteiger partial charge in [-0.2, -0.15) is 0 Å². The fraction of sp³-hybridized carbons (Fsp3) is 0.507. The van der Waals surface area contributed by atoms with Gasteiger partial charge < -0.3 is 50.0 Å². The number of ketones is 1. The number of pyridine rings is 2. The summed E-state index contributed by atoms with van der Waals surface area (Å²) in [6.45, 7) is 9.17. The number of benzene rings is 2. The van der Waals surface area contributed by atoms with Crippen LogP contribution in [0.5, 0.6) is 23.0 Å². The predicted octanol–water partition coefficient (Wildman–Crippen LogP) is 10.8. The number of aromatic nitrogens is 4. The average Bonchev–Trinajstić information content (AvgIpc) is 1.55. The smallest absolute Gasteiger partial charge is 0.317 e. The van der Waals surface area contributed by atoms with E-state index < -0.39 is 100 Å². The van der Waals surface area contributed by atoms with Crippen LogP contribution in [-0.4, -0.2) is 176 Å². The van der Waals surface area contributed by atoms with Crippen LogP contribution in [0.1, 0.15) is 141 Å². The maximum atomic E-state index is 14.1. The van der Waals surface area contributed by atoms with Crippen molar-refractivity contribution in [3.05, 3.63) is 92.9 Å². The molecule has 6 aromatic rings. The van der Waals surface area contributed by atoms with Crippen LogP contribution in [0.2, 0.25) is 10.0 Å². The third-order valence-corrected chi connectivity index (χ3v) is 26.4. The molecule has 2 aromatic carbocycles. The summed E-state index contributed by atoms with van der Waals surface area (Å²) in [5.74, 6) is 0.408. The minimum Gasteiger partial charge on any atom is -0.495 e. The number of sulfone groups is 1. The standard InChI is InChI=1S/C38H44ClN5O7S2.C35H43ClN6O7S2/c1-6-37(15-16-37)53(48,49)22-31(45)38-20-24(38)11-9-7-8-10-17-44(4)36(47)42-26(34(46)43-38)14-18-51-30-19-27(35-41-28(21-52-35)23(2)3)40-33-25(30)12-13-29(50-5)32(33)39;1-20(2)26-19-50-32(38-26)25-17-28(23-12-13-27(48-4)29(36)30(23)37-25)49-16-14-24-31(43)40-35(33(44)41-51(46,47)22-10-11-22)18-21(35)9-7-5-6-8-15-42(3)34(45)39-24/h1,9,11-13,19,21,23-24,26H,7-8,10,14-18,20,22H2,2-5H3,(H,42,47)(H,43,46);7,9,12-13,17,19-22,24H,5-6,8,10-11,14-16,18H2,1-4H3,(H,39,45)(H,40,43)(H,41,44)/b11-9-;9-7-/t;21-,24+,35-/m.1/s1. The van der Waals surface area contributed by atoms with Crippen molar-refractivity contribution in [1.82, 2.24) is 55.7 Å². The number of nitrogens with zero attached hydrogens (tertiary/aromatic N) is 6. The number of allylic oxidation sites excluding steroid dienone is 2. The summed E-state index contributed by atoms with van der Waals surface area (Å²) in [6, 6.07) is 7.40. The highest BCUT2D eigenvalue weighted by Crippen LogP contribution is 2.50. The first-order chi connectivity index (χ1) is 49.6. The van der Waals surface area contributed by atoms with E-state index in [1.165, 1.54) is 46.7 Å². The molecule has 4 saturated carbocycles. The molecule has 4 fully saturated rings. The molecule has 0 radical (unpaired) electrons. The van der Waals surface area contributed by atoms with Gasteiger partial charge in [0.2, 0.25) is 21.8 Å².